The fourth-order valence-corrected chi connectivity index (χ4v) is 2.04. The summed E-state index contributed by atoms with van der Waals surface area (Å²) in [6.07, 6.45) is 1.69. The molecule has 106 valence electrons. The van der Waals surface area contributed by atoms with E-state index in [2.05, 4.69) is 15.1 Å². The number of rotatable bonds is 2. The lowest BCUT2D eigenvalue weighted by Gasteiger charge is -2.08. The third kappa shape index (κ3) is 2.29. The predicted molar refractivity (Wildman–Crippen MR) is 79.1 cm³/mol. The molecular formula is C14H14N6O. The molecule has 1 aromatic carbocycles. The number of amides is 1. The van der Waals surface area contributed by atoms with Gasteiger partial charge in [-0.25, -0.2) is 9.67 Å². The molecule has 0 fully saturated rings. The van der Waals surface area contributed by atoms with Gasteiger partial charge in [-0.2, -0.15) is 10.1 Å². The van der Waals surface area contributed by atoms with Crippen molar-refractivity contribution in [2.75, 3.05) is 19.8 Å². The van der Waals surface area contributed by atoms with Crippen molar-refractivity contribution in [3.63, 3.8) is 0 Å². The topological polar surface area (TPSA) is 89.9 Å². The summed E-state index contributed by atoms with van der Waals surface area (Å²) >= 11 is 0. The Morgan fingerprint density at radius 2 is 1.95 bits per heavy atom. The predicted octanol–water partition coefficient (Wildman–Crippen LogP) is 1.10. The van der Waals surface area contributed by atoms with E-state index in [0.717, 1.165) is 10.9 Å². The Kier molecular flexibility index (Phi) is 3.02. The third-order valence-electron chi connectivity index (χ3n) is 3.03. The number of nitrogens with zero attached hydrogens (tertiary/aromatic N) is 5. The molecular weight excluding hydrogens is 268 g/mol. The molecule has 0 saturated heterocycles. The summed E-state index contributed by atoms with van der Waals surface area (Å²) in [5, 5.41) is 5.09. The summed E-state index contributed by atoms with van der Waals surface area (Å²) in [4.78, 5) is 21.8. The van der Waals surface area contributed by atoms with E-state index in [-0.39, 0.29) is 11.9 Å². The fraction of sp³-hybridized carbons (Fsp3) is 0.143. The molecule has 0 saturated carbocycles. The molecule has 0 bridgehead atoms. The van der Waals surface area contributed by atoms with Gasteiger partial charge < -0.3 is 10.6 Å². The Morgan fingerprint density at radius 1 is 1.19 bits per heavy atom. The molecule has 1 amide bonds. The highest BCUT2D eigenvalue weighted by Crippen LogP contribution is 2.19. The van der Waals surface area contributed by atoms with Crippen LogP contribution in [0.15, 0.2) is 36.5 Å². The lowest BCUT2D eigenvalue weighted by molar-refractivity contribution is 0.0821. The van der Waals surface area contributed by atoms with Crippen LogP contribution in [-0.2, 0) is 0 Å². The van der Waals surface area contributed by atoms with Crippen LogP contribution in [0.2, 0.25) is 0 Å². The van der Waals surface area contributed by atoms with E-state index in [4.69, 9.17) is 5.73 Å². The average Bonchev–Trinajstić information content (AvgIpc) is 2.94. The number of anilines is 1. The van der Waals surface area contributed by atoms with Crippen LogP contribution in [0.3, 0.4) is 0 Å². The van der Waals surface area contributed by atoms with Crippen molar-refractivity contribution < 1.29 is 4.79 Å². The van der Waals surface area contributed by atoms with Crippen molar-refractivity contribution in [3.05, 3.63) is 42.2 Å². The molecule has 3 rings (SSSR count). The molecule has 7 nitrogen and oxygen atoms in total. The van der Waals surface area contributed by atoms with E-state index in [9.17, 15) is 4.79 Å². The molecule has 7 heteroatoms. The van der Waals surface area contributed by atoms with E-state index in [1.807, 2.05) is 24.3 Å². The van der Waals surface area contributed by atoms with E-state index >= 15 is 0 Å². The van der Waals surface area contributed by atoms with Gasteiger partial charge in [0.15, 0.2) is 11.5 Å². The molecule has 0 atom stereocenters. The number of para-hydroxylation sites is 1. The Labute approximate surface area is 121 Å². The minimum absolute atomic E-state index is 0.166. The first-order chi connectivity index (χ1) is 10.1. The van der Waals surface area contributed by atoms with Crippen LogP contribution in [-0.4, -0.2) is 44.7 Å². The number of aromatic nitrogens is 4. The van der Waals surface area contributed by atoms with Crippen molar-refractivity contribution >= 4 is 22.8 Å². The van der Waals surface area contributed by atoms with Gasteiger partial charge in [-0.1, -0.05) is 12.1 Å². The molecule has 0 spiro atoms. The van der Waals surface area contributed by atoms with Crippen molar-refractivity contribution in [3.8, 4) is 5.82 Å². The van der Waals surface area contributed by atoms with Crippen LogP contribution in [0.25, 0.3) is 16.7 Å². The Bertz CT molecular complexity index is 823. The van der Waals surface area contributed by atoms with Crippen molar-refractivity contribution in [2.24, 2.45) is 0 Å². The Balaban J connectivity index is 2.15. The zero-order valence-electron chi connectivity index (χ0n) is 11.7. The summed E-state index contributed by atoms with van der Waals surface area (Å²) in [5.41, 5.74) is 6.82. The minimum Gasteiger partial charge on any atom is -0.368 e. The molecule has 2 heterocycles. The van der Waals surface area contributed by atoms with Gasteiger partial charge in [0.2, 0.25) is 5.95 Å². The highest BCUT2D eigenvalue weighted by molar-refractivity contribution is 5.92. The number of carbonyl (C=O) groups excluding carboxylic acids is 1. The molecule has 3 aromatic rings. The van der Waals surface area contributed by atoms with Gasteiger partial charge in [0.25, 0.3) is 5.91 Å². The second-order valence-electron chi connectivity index (χ2n) is 4.77. The van der Waals surface area contributed by atoms with Gasteiger partial charge in [0.05, 0.1) is 5.52 Å². The number of nitrogen functional groups attached to an aromatic ring is 1. The molecule has 2 N–H and O–H groups in total. The average molecular weight is 282 g/mol. The van der Waals surface area contributed by atoms with Crippen LogP contribution < -0.4 is 5.73 Å². The van der Waals surface area contributed by atoms with Crippen molar-refractivity contribution in [1.82, 2.24) is 24.6 Å². The molecule has 0 aliphatic carbocycles. The van der Waals surface area contributed by atoms with Gasteiger partial charge >= 0.3 is 0 Å². The lowest BCUT2D eigenvalue weighted by Crippen LogP contribution is -2.22. The first-order valence-corrected chi connectivity index (χ1v) is 6.36. The largest absolute Gasteiger partial charge is 0.368 e. The zero-order chi connectivity index (χ0) is 15.0. The maximum atomic E-state index is 11.9. The standard InChI is InChI=1S/C14H14N6O/c1-19(2)13(21)11-7-8-20(18-11)12-9-5-3-4-6-10(9)16-14(15)17-12/h3-8H,1-2H3,(H2,15,16,17). The zero-order valence-corrected chi connectivity index (χ0v) is 11.7. The van der Waals surface area contributed by atoms with Crippen LogP contribution in [0.4, 0.5) is 5.95 Å². The summed E-state index contributed by atoms with van der Waals surface area (Å²) < 4.78 is 1.54. The number of hydrogen-bond donors (Lipinski definition) is 1. The van der Waals surface area contributed by atoms with Gasteiger partial charge in [-0.15, -0.1) is 0 Å². The molecule has 0 aliphatic heterocycles. The first-order valence-electron chi connectivity index (χ1n) is 6.36. The number of hydrogen-bond acceptors (Lipinski definition) is 5. The monoisotopic (exact) mass is 282 g/mol. The SMILES string of the molecule is CN(C)C(=O)c1ccn(-c2nc(N)nc3ccccc23)n1. The quantitative estimate of drug-likeness (QED) is 0.760. The highest BCUT2D eigenvalue weighted by Gasteiger charge is 2.14. The van der Waals surface area contributed by atoms with Crippen molar-refractivity contribution in [1.29, 1.82) is 0 Å². The van der Waals surface area contributed by atoms with E-state index in [1.165, 1.54) is 9.58 Å². The number of fused-ring (bicyclic) bond motifs is 1. The normalized spacial score (nSPS) is 10.8. The Morgan fingerprint density at radius 3 is 2.71 bits per heavy atom. The highest BCUT2D eigenvalue weighted by atomic mass is 16.2. The first kappa shape index (κ1) is 13.0. The van der Waals surface area contributed by atoms with E-state index in [0.29, 0.717) is 11.5 Å². The third-order valence-corrected chi connectivity index (χ3v) is 3.03. The molecule has 0 aliphatic rings. The van der Waals surface area contributed by atoms with Crippen LogP contribution in [0.5, 0.6) is 0 Å². The summed E-state index contributed by atoms with van der Waals surface area (Å²) in [6.45, 7) is 0. The molecule has 2 aromatic heterocycles. The molecule has 21 heavy (non-hydrogen) atoms. The minimum atomic E-state index is -0.167. The van der Waals surface area contributed by atoms with Crippen LogP contribution in [0.1, 0.15) is 10.5 Å². The second kappa shape index (κ2) is 4.86. The van der Waals surface area contributed by atoms with Crippen molar-refractivity contribution in [2.45, 2.75) is 0 Å². The van der Waals surface area contributed by atoms with Crippen LogP contribution >= 0.6 is 0 Å². The van der Waals surface area contributed by atoms with E-state index < -0.39 is 0 Å². The van der Waals surface area contributed by atoms with Gasteiger partial charge in [0, 0.05) is 25.7 Å². The summed E-state index contributed by atoms with van der Waals surface area (Å²) in [5.74, 6) is 0.552. The summed E-state index contributed by atoms with van der Waals surface area (Å²) in [7, 11) is 3.36. The second-order valence-corrected chi connectivity index (χ2v) is 4.77. The van der Waals surface area contributed by atoms with E-state index in [1.54, 1.807) is 26.4 Å². The molecule has 0 radical (unpaired) electrons. The number of carbonyl (C=O) groups is 1. The number of benzene rings is 1. The molecule has 0 unspecified atom stereocenters. The smallest absolute Gasteiger partial charge is 0.273 e. The maximum absolute atomic E-state index is 11.9. The van der Waals surface area contributed by atoms with Crippen LogP contribution in [0, 0.1) is 0 Å². The van der Waals surface area contributed by atoms with Gasteiger partial charge in [0.1, 0.15) is 0 Å². The maximum Gasteiger partial charge on any atom is 0.273 e. The Hall–Kier alpha value is -2.96. The summed E-state index contributed by atoms with van der Waals surface area (Å²) in [6, 6.07) is 9.16. The fourth-order valence-electron chi connectivity index (χ4n) is 2.04. The number of nitrogens with two attached hydrogens (primary N) is 1. The van der Waals surface area contributed by atoms with Gasteiger partial charge in [-0.05, 0) is 18.2 Å². The lowest BCUT2D eigenvalue weighted by atomic mass is 10.2. The van der Waals surface area contributed by atoms with Gasteiger partial charge in [-0.3, -0.25) is 4.79 Å².